The van der Waals surface area contributed by atoms with E-state index < -0.39 is 5.82 Å². The molecule has 0 spiro atoms. The van der Waals surface area contributed by atoms with Crippen molar-refractivity contribution in [2.45, 2.75) is 0 Å². The summed E-state index contributed by atoms with van der Waals surface area (Å²) in [5.74, 6) is -0.597. The Morgan fingerprint density at radius 1 is 1.30 bits per heavy atom. The lowest BCUT2D eigenvalue weighted by Crippen LogP contribution is -2.07. The first-order valence-corrected chi connectivity index (χ1v) is 5.91. The molecule has 102 valence electrons. The van der Waals surface area contributed by atoms with Crippen molar-refractivity contribution in [3.05, 3.63) is 60.2 Å². The zero-order valence-electron chi connectivity index (χ0n) is 10.8. The minimum Gasteiger partial charge on any atom is -0.494 e. The molecule has 0 bridgehead atoms. The van der Waals surface area contributed by atoms with Crippen molar-refractivity contribution in [2.24, 2.45) is 0 Å². The summed E-state index contributed by atoms with van der Waals surface area (Å²) in [6.45, 7) is 0. The minimum absolute atomic E-state index is 0.170. The zero-order chi connectivity index (χ0) is 14.4. The molecule has 0 atom stereocenters. The lowest BCUT2D eigenvalue weighted by molar-refractivity contribution is -0.111. The highest BCUT2D eigenvalue weighted by atomic mass is 19.1. The number of pyridine rings is 1. The van der Waals surface area contributed by atoms with E-state index in [4.69, 9.17) is 4.74 Å². The molecule has 5 heteroatoms. The summed E-state index contributed by atoms with van der Waals surface area (Å²) in [6, 6.07) is 7.83. The van der Waals surface area contributed by atoms with Gasteiger partial charge in [0.15, 0.2) is 11.6 Å². The quantitative estimate of drug-likeness (QED) is 0.871. The molecule has 1 amide bonds. The predicted octanol–water partition coefficient (Wildman–Crippen LogP) is 2.88. The molecule has 20 heavy (non-hydrogen) atoms. The fraction of sp³-hybridized carbons (Fsp3) is 0.0667. The van der Waals surface area contributed by atoms with E-state index in [2.05, 4.69) is 10.3 Å². The number of halogens is 1. The molecule has 0 saturated heterocycles. The number of nitrogens with one attached hydrogen (secondary N) is 1. The van der Waals surface area contributed by atoms with Crippen molar-refractivity contribution in [2.75, 3.05) is 12.4 Å². The summed E-state index contributed by atoms with van der Waals surface area (Å²) in [4.78, 5) is 15.5. The number of hydrogen-bond acceptors (Lipinski definition) is 3. The van der Waals surface area contributed by atoms with Crippen molar-refractivity contribution in [1.82, 2.24) is 4.98 Å². The third kappa shape index (κ3) is 3.65. The van der Waals surface area contributed by atoms with E-state index in [1.54, 1.807) is 30.6 Å². The molecule has 0 aliphatic heterocycles. The molecule has 0 unspecified atom stereocenters. The molecule has 0 aliphatic rings. The summed E-state index contributed by atoms with van der Waals surface area (Å²) in [7, 11) is 1.40. The third-order valence-corrected chi connectivity index (χ3v) is 2.55. The molecular weight excluding hydrogens is 259 g/mol. The summed E-state index contributed by atoms with van der Waals surface area (Å²) >= 11 is 0. The van der Waals surface area contributed by atoms with Gasteiger partial charge < -0.3 is 10.1 Å². The summed E-state index contributed by atoms with van der Waals surface area (Å²) < 4.78 is 18.3. The largest absolute Gasteiger partial charge is 0.494 e. The Morgan fingerprint density at radius 3 is 2.70 bits per heavy atom. The highest BCUT2D eigenvalue weighted by Crippen LogP contribution is 2.18. The van der Waals surface area contributed by atoms with Gasteiger partial charge in [-0.1, -0.05) is 6.07 Å². The number of benzene rings is 1. The van der Waals surface area contributed by atoms with Crippen LogP contribution in [0.15, 0.2) is 48.8 Å². The number of nitrogens with zero attached hydrogens (tertiary/aromatic N) is 1. The lowest BCUT2D eigenvalue weighted by atomic mass is 10.2. The first kappa shape index (κ1) is 13.7. The van der Waals surface area contributed by atoms with E-state index in [0.29, 0.717) is 11.3 Å². The monoisotopic (exact) mass is 272 g/mol. The standard InChI is InChI=1S/C15H13FN2O2/c1-20-14-4-2-11(10-13(14)16)3-5-15(19)18-12-6-8-17-9-7-12/h2-10H,1H3,(H,17,18,19)/b5-3+. The molecular formula is C15H13FN2O2. The molecule has 1 N–H and O–H groups in total. The number of aromatic nitrogens is 1. The SMILES string of the molecule is COc1ccc(/C=C/C(=O)Nc2ccncc2)cc1F. The zero-order valence-corrected chi connectivity index (χ0v) is 10.8. The van der Waals surface area contributed by atoms with Gasteiger partial charge in [-0.15, -0.1) is 0 Å². The highest BCUT2D eigenvalue weighted by Gasteiger charge is 2.02. The van der Waals surface area contributed by atoms with Crippen LogP contribution in [-0.2, 0) is 4.79 Å². The van der Waals surface area contributed by atoms with Crippen molar-refractivity contribution in [3.63, 3.8) is 0 Å². The van der Waals surface area contributed by atoms with Gasteiger partial charge in [0.2, 0.25) is 5.91 Å². The van der Waals surface area contributed by atoms with Crippen LogP contribution < -0.4 is 10.1 Å². The summed E-state index contributed by atoms with van der Waals surface area (Å²) in [6.07, 6.45) is 6.02. The Balaban J connectivity index is 2.02. The Bertz CT molecular complexity index is 627. The molecule has 2 aromatic rings. The highest BCUT2D eigenvalue weighted by molar-refractivity contribution is 6.01. The minimum atomic E-state index is -0.468. The van der Waals surface area contributed by atoms with E-state index in [9.17, 15) is 9.18 Å². The molecule has 4 nitrogen and oxygen atoms in total. The van der Waals surface area contributed by atoms with Crippen molar-refractivity contribution < 1.29 is 13.9 Å². The fourth-order valence-electron chi connectivity index (χ4n) is 1.58. The van der Waals surface area contributed by atoms with Crippen LogP contribution in [0, 0.1) is 5.82 Å². The lowest BCUT2D eigenvalue weighted by Gasteiger charge is -2.02. The van der Waals surface area contributed by atoms with Crippen molar-refractivity contribution in [1.29, 1.82) is 0 Å². The normalized spacial score (nSPS) is 10.5. The average Bonchev–Trinajstić information content (AvgIpc) is 2.46. The maximum atomic E-state index is 13.5. The maximum absolute atomic E-state index is 13.5. The van der Waals surface area contributed by atoms with Gasteiger partial charge in [-0.2, -0.15) is 0 Å². The van der Waals surface area contributed by atoms with Crippen LogP contribution in [-0.4, -0.2) is 18.0 Å². The smallest absolute Gasteiger partial charge is 0.248 e. The van der Waals surface area contributed by atoms with E-state index in [-0.39, 0.29) is 11.7 Å². The van der Waals surface area contributed by atoms with Gasteiger partial charge in [0.25, 0.3) is 0 Å². The molecule has 0 aliphatic carbocycles. The van der Waals surface area contributed by atoms with Gasteiger partial charge in [0.05, 0.1) is 7.11 Å². The molecule has 1 aromatic heterocycles. The van der Waals surface area contributed by atoms with Crippen molar-refractivity contribution in [3.8, 4) is 5.75 Å². The summed E-state index contributed by atoms with van der Waals surface area (Å²) in [5.41, 5.74) is 1.23. The second kappa shape index (κ2) is 6.47. The van der Waals surface area contributed by atoms with Crippen LogP contribution in [0.25, 0.3) is 6.08 Å². The van der Waals surface area contributed by atoms with Crippen LogP contribution in [0.3, 0.4) is 0 Å². The predicted molar refractivity (Wildman–Crippen MR) is 74.9 cm³/mol. The topological polar surface area (TPSA) is 51.2 Å². The van der Waals surface area contributed by atoms with E-state index in [0.717, 1.165) is 0 Å². The first-order valence-electron chi connectivity index (χ1n) is 5.91. The van der Waals surface area contributed by atoms with Gasteiger partial charge in [-0.05, 0) is 35.9 Å². The third-order valence-electron chi connectivity index (χ3n) is 2.55. The Kier molecular flexibility index (Phi) is 4.44. The Morgan fingerprint density at radius 2 is 2.05 bits per heavy atom. The number of ether oxygens (including phenoxy) is 1. The van der Waals surface area contributed by atoms with Crippen LogP contribution in [0.2, 0.25) is 0 Å². The Hall–Kier alpha value is -2.69. The second-order valence-electron chi connectivity index (χ2n) is 3.95. The van der Waals surface area contributed by atoms with E-state index in [1.165, 1.54) is 31.4 Å². The van der Waals surface area contributed by atoms with Crippen LogP contribution >= 0.6 is 0 Å². The van der Waals surface area contributed by atoms with Gasteiger partial charge in [0, 0.05) is 24.2 Å². The second-order valence-corrected chi connectivity index (χ2v) is 3.95. The average molecular weight is 272 g/mol. The van der Waals surface area contributed by atoms with E-state index >= 15 is 0 Å². The van der Waals surface area contributed by atoms with Gasteiger partial charge in [-0.25, -0.2) is 4.39 Å². The van der Waals surface area contributed by atoms with Crippen LogP contribution in [0.4, 0.5) is 10.1 Å². The van der Waals surface area contributed by atoms with Crippen LogP contribution in [0.5, 0.6) is 5.75 Å². The molecule has 2 rings (SSSR count). The van der Waals surface area contributed by atoms with E-state index in [1.807, 2.05) is 0 Å². The summed E-state index contributed by atoms with van der Waals surface area (Å²) in [5, 5.41) is 2.67. The van der Waals surface area contributed by atoms with Gasteiger partial charge in [0.1, 0.15) is 0 Å². The number of rotatable bonds is 4. The molecule has 0 saturated carbocycles. The number of hydrogen-bond donors (Lipinski definition) is 1. The van der Waals surface area contributed by atoms with Crippen LogP contribution in [0.1, 0.15) is 5.56 Å². The number of carbonyl (C=O) groups is 1. The Labute approximate surface area is 115 Å². The van der Waals surface area contributed by atoms with Crippen molar-refractivity contribution >= 4 is 17.7 Å². The maximum Gasteiger partial charge on any atom is 0.248 e. The number of anilines is 1. The number of methoxy groups -OCH3 is 1. The molecule has 1 heterocycles. The van der Waals surface area contributed by atoms with Gasteiger partial charge >= 0.3 is 0 Å². The molecule has 0 radical (unpaired) electrons. The number of amides is 1. The molecule has 1 aromatic carbocycles. The first-order chi connectivity index (χ1) is 9.69. The fourth-order valence-corrected chi connectivity index (χ4v) is 1.58. The number of carbonyl (C=O) groups excluding carboxylic acids is 1. The molecule has 0 fully saturated rings. The van der Waals surface area contributed by atoms with Gasteiger partial charge in [-0.3, -0.25) is 9.78 Å².